The largest absolute Gasteiger partial charge is 0.409 e. The molecule has 2 rings (SSSR count). The number of nitrogens with zero attached hydrogens (tertiary/aromatic N) is 12. The van der Waals surface area contributed by atoms with E-state index in [0.29, 0.717) is 9.58 Å². The summed E-state index contributed by atoms with van der Waals surface area (Å²) in [4.78, 5) is 31.9. The zero-order chi connectivity index (χ0) is 15.6. The molecule has 0 aliphatic heterocycles. The summed E-state index contributed by atoms with van der Waals surface area (Å²) in [6, 6.07) is 0. The van der Waals surface area contributed by atoms with E-state index in [4.69, 9.17) is 0 Å². The molecule has 110 valence electrons. The summed E-state index contributed by atoms with van der Waals surface area (Å²) in [5.41, 5.74) is -1.74. The maximum Gasteiger partial charge on any atom is 0.409 e. The van der Waals surface area contributed by atoms with Crippen molar-refractivity contribution in [3.63, 3.8) is 0 Å². The highest BCUT2D eigenvalue weighted by Gasteiger charge is 2.21. The Morgan fingerprint density at radius 2 is 1.71 bits per heavy atom. The lowest BCUT2D eigenvalue weighted by atomic mass is 11.1. The van der Waals surface area contributed by atoms with Crippen LogP contribution < -0.4 is 11.2 Å². The normalized spacial score (nSPS) is 12.6. The second kappa shape index (κ2) is 4.90. The third kappa shape index (κ3) is 2.54. The fourth-order valence-corrected chi connectivity index (χ4v) is 1.08. The maximum absolute atomic E-state index is 10.6. The molecule has 0 atom stereocenters. The first-order chi connectivity index (χ1) is 9.90. The van der Waals surface area contributed by atoms with Crippen LogP contribution in [0, 0.1) is 30.3 Å². The number of aromatic nitrogens is 8. The van der Waals surface area contributed by atoms with Crippen LogP contribution in [-0.4, -0.2) is 55.4 Å². The third-order valence-electron chi connectivity index (χ3n) is 1.72. The van der Waals surface area contributed by atoms with Crippen LogP contribution in [0.25, 0.3) is 0 Å². The van der Waals surface area contributed by atoms with Crippen LogP contribution in [0.4, 0.5) is 0 Å². The van der Waals surface area contributed by atoms with Gasteiger partial charge in [0, 0.05) is 0 Å². The number of hydrogen-bond acceptors (Lipinski definition) is 10. The lowest BCUT2D eigenvalue weighted by molar-refractivity contribution is -0.562. The smallest absolute Gasteiger partial charge is 0.339 e. The van der Waals surface area contributed by atoms with E-state index in [2.05, 4.69) is 30.9 Å². The van der Waals surface area contributed by atoms with Gasteiger partial charge in [-0.1, -0.05) is 9.89 Å². The van der Waals surface area contributed by atoms with Gasteiger partial charge in [-0.25, -0.2) is 20.2 Å². The highest BCUT2D eigenvalue weighted by Crippen LogP contribution is 1.77. The minimum Gasteiger partial charge on any atom is -0.339 e. The molecule has 19 heteroatoms. The summed E-state index contributed by atoms with van der Waals surface area (Å²) in [6.07, 6.45) is 0. The number of tetrazole rings is 2. The van der Waals surface area contributed by atoms with Gasteiger partial charge in [-0.15, -0.1) is 4.79 Å². The molecule has 21 heavy (non-hydrogen) atoms. The third-order valence-corrected chi connectivity index (χ3v) is 1.72. The van der Waals surface area contributed by atoms with Crippen LogP contribution in [0.5, 0.6) is 0 Å². The summed E-state index contributed by atoms with van der Waals surface area (Å²) in [5.74, 6) is 0. The molecule has 0 aliphatic rings. The zero-order valence-electron chi connectivity index (χ0n) is 9.32. The molecule has 2 heterocycles. The van der Waals surface area contributed by atoms with Crippen molar-refractivity contribution in [2.75, 3.05) is 0 Å². The number of H-pyrrole nitrogens is 1. The molecule has 0 spiro atoms. The molecule has 0 aliphatic carbocycles. The van der Waals surface area contributed by atoms with Crippen molar-refractivity contribution in [3.8, 4) is 0 Å². The molecule has 0 radical (unpaired) electrons. The minimum absolute atomic E-state index is 0.146. The maximum atomic E-state index is 10.6. The van der Waals surface area contributed by atoms with E-state index < -0.39 is 26.3 Å². The molecule has 0 saturated carbocycles. The first-order valence-electron chi connectivity index (χ1n) is 4.48. The first kappa shape index (κ1) is 13.4. The monoisotopic (exact) mass is 303 g/mol. The molecule has 0 unspecified atom stereocenters. The van der Waals surface area contributed by atoms with Gasteiger partial charge < -0.3 is 10.1 Å². The summed E-state index contributed by atoms with van der Waals surface area (Å²) < 4.78 is 0. The molecule has 2 aromatic rings. The van der Waals surface area contributed by atoms with Gasteiger partial charge in [0.15, 0.2) is 10.1 Å². The van der Waals surface area contributed by atoms with Crippen LogP contribution in [0.1, 0.15) is 0 Å². The van der Waals surface area contributed by atoms with Crippen LogP contribution >= 0.6 is 0 Å². The Morgan fingerprint density at radius 1 is 1.05 bits per heavy atom. The van der Waals surface area contributed by atoms with Crippen molar-refractivity contribution in [1.82, 2.24) is 40.3 Å². The standard InChI is InChI=1S/C2HN13O6/c16-13(17)4-1-3-6-7-10(1)11-2(5-14(18)19)12(9-8-11)15(20)21/h(H,3,4,7)/b5-2-. The molecule has 19 nitrogen and oxygen atoms in total. The Bertz CT molecular complexity index is 842. The lowest BCUT2D eigenvalue weighted by Crippen LogP contribution is -2.40. The van der Waals surface area contributed by atoms with Gasteiger partial charge in [0.1, 0.15) is 20.2 Å². The molecule has 0 bridgehead atoms. The average Bonchev–Trinajstić information content (AvgIpc) is 2.94. The summed E-state index contributed by atoms with van der Waals surface area (Å²) in [6.45, 7) is 0. The predicted octanol–water partition coefficient (Wildman–Crippen LogP) is -4.46. The fraction of sp³-hybridized carbons (Fsp3) is 0. The number of aromatic amines is 1. The van der Waals surface area contributed by atoms with Crippen molar-refractivity contribution in [2.45, 2.75) is 0 Å². The van der Waals surface area contributed by atoms with Crippen LogP contribution in [0.3, 0.4) is 0 Å². The van der Waals surface area contributed by atoms with Gasteiger partial charge in [0.05, 0.1) is 5.03 Å². The van der Waals surface area contributed by atoms with Crippen molar-refractivity contribution >= 4 is 0 Å². The second-order valence-corrected chi connectivity index (χ2v) is 2.88. The molecule has 2 aromatic heterocycles. The van der Waals surface area contributed by atoms with E-state index >= 15 is 0 Å². The molecular formula is C2HN13O6. The van der Waals surface area contributed by atoms with Gasteiger partial charge in [-0.3, -0.25) is 0 Å². The molecule has 0 fully saturated rings. The van der Waals surface area contributed by atoms with Gasteiger partial charge >= 0.3 is 11.2 Å². The van der Waals surface area contributed by atoms with Crippen LogP contribution in [-0.2, 0) is 0 Å². The second-order valence-electron chi connectivity index (χ2n) is 2.88. The van der Waals surface area contributed by atoms with Gasteiger partial charge in [-0.2, -0.15) is 5.21 Å². The Morgan fingerprint density at radius 3 is 2.29 bits per heavy atom. The number of rotatable bonds is 4. The Balaban J connectivity index is 2.78. The van der Waals surface area contributed by atoms with E-state index in [-0.39, 0.29) is 4.79 Å². The van der Waals surface area contributed by atoms with Gasteiger partial charge in [0.25, 0.3) is 0 Å². The van der Waals surface area contributed by atoms with E-state index in [1.807, 2.05) is 5.21 Å². The topological polar surface area (TPSA) is 236 Å². The SMILES string of the molecule is O=[N+]([O-])/N=c1/n(-n2[nH]nn/c2=N\[N+](=O)[O-])nnn1[N+](=O)[O-]. The minimum atomic E-state index is -1.26. The Hall–Kier alpha value is -4.06. The average molecular weight is 303 g/mol. The highest BCUT2D eigenvalue weighted by molar-refractivity contribution is 4.55. The predicted molar refractivity (Wildman–Crippen MR) is 50.7 cm³/mol. The van der Waals surface area contributed by atoms with Crippen molar-refractivity contribution < 1.29 is 15.1 Å². The zero-order valence-corrected chi connectivity index (χ0v) is 9.32. The van der Waals surface area contributed by atoms with Gasteiger partial charge in [-0.05, 0) is 5.21 Å². The van der Waals surface area contributed by atoms with E-state index in [1.165, 1.54) is 0 Å². The number of nitrogens with one attached hydrogen (secondary N) is 1. The number of nitro groups is 3. The quantitative estimate of drug-likeness (QED) is 0.419. The molecular weight excluding hydrogens is 302 g/mol. The fourth-order valence-electron chi connectivity index (χ4n) is 1.08. The van der Waals surface area contributed by atoms with E-state index in [9.17, 15) is 30.3 Å². The van der Waals surface area contributed by atoms with E-state index in [1.54, 1.807) is 0 Å². The first-order valence-corrected chi connectivity index (χ1v) is 4.48. The van der Waals surface area contributed by atoms with Crippen molar-refractivity contribution in [2.24, 2.45) is 10.2 Å². The van der Waals surface area contributed by atoms with E-state index in [0.717, 1.165) is 0 Å². The van der Waals surface area contributed by atoms with Crippen molar-refractivity contribution in [1.29, 1.82) is 0 Å². The van der Waals surface area contributed by atoms with Crippen LogP contribution in [0.15, 0.2) is 10.2 Å². The summed E-state index contributed by atoms with van der Waals surface area (Å²) in [7, 11) is 0. The molecule has 1 N–H and O–H groups in total. The number of hydrogen-bond donors (Lipinski definition) is 1. The molecule has 0 aromatic carbocycles. The van der Waals surface area contributed by atoms with Crippen molar-refractivity contribution in [3.05, 3.63) is 41.6 Å². The molecule has 0 amide bonds. The lowest BCUT2D eigenvalue weighted by Gasteiger charge is -1.93. The Kier molecular flexibility index (Phi) is 3.12. The summed E-state index contributed by atoms with van der Waals surface area (Å²) >= 11 is 0. The summed E-state index contributed by atoms with van der Waals surface area (Å²) in [5, 5.41) is 47.6. The van der Waals surface area contributed by atoms with Crippen LogP contribution in [0.2, 0.25) is 0 Å². The Labute approximate surface area is 108 Å². The highest BCUT2D eigenvalue weighted by atomic mass is 16.7. The molecule has 0 saturated heterocycles. The van der Waals surface area contributed by atoms with Gasteiger partial charge in [0.2, 0.25) is 5.21 Å².